The lowest BCUT2D eigenvalue weighted by atomic mass is 10.3. The number of pyridine rings is 1. The van der Waals surface area contributed by atoms with Crippen LogP contribution >= 0.6 is 0 Å². The predicted molar refractivity (Wildman–Crippen MR) is 43.0 cm³/mol. The summed E-state index contributed by atoms with van der Waals surface area (Å²) in [6, 6.07) is 2.24. The summed E-state index contributed by atoms with van der Waals surface area (Å²) in [5.74, 6) is 5.27. The largest absolute Gasteiger partial charge is 0.493 e. The quantitative estimate of drug-likeness (QED) is 0.582. The van der Waals surface area contributed by atoms with Crippen molar-refractivity contribution < 1.29 is 22.6 Å². The minimum atomic E-state index is -4.47. The van der Waals surface area contributed by atoms with E-state index in [9.17, 15) is 13.2 Å². The van der Waals surface area contributed by atoms with Gasteiger partial charge in [0.15, 0.2) is 0 Å². The summed E-state index contributed by atoms with van der Waals surface area (Å²) < 4.78 is 42.4. The van der Waals surface area contributed by atoms with Crippen molar-refractivity contribution in [1.82, 2.24) is 0 Å². The Morgan fingerprint density at radius 1 is 1.50 bits per heavy atom. The van der Waals surface area contributed by atoms with Crippen LogP contribution in [0.4, 0.5) is 13.2 Å². The third-order valence-corrected chi connectivity index (χ3v) is 1.56. The van der Waals surface area contributed by atoms with Crippen molar-refractivity contribution in [3.8, 4) is 5.75 Å². The van der Waals surface area contributed by atoms with Crippen LogP contribution in [-0.4, -0.2) is 6.61 Å². The second-order valence-corrected chi connectivity index (χ2v) is 2.59. The van der Waals surface area contributed by atoms with Gasteiger partial charge in [-0.1, -0.05) is 4.68 Å². The number of rotatable bonds is 2. The highest BCUT2D eigenvalue weighted by molar-refractivity contribution is 5.20. The van der Waals surface area contributed by atoms with Gasteiger partial charge >= 0.3 is 11.9 Å². The third kappa shape index (κ3) is 2.27. The zero-order valence-electron chi connectivity index (χ0n) is 7.51. The molecule has 0 unspecified atom stereocenters. The average molecular weight is 207 g/mol. The normalized spacial score (nSPS) is 11.4. The van der Waals surface area contributed by atoms with Crippen LogP contribution in [-0.2, 0) is 6.18 Å². The molecule has 6 heteroatoms. The van der Waals surface area contributed by atoms with Crippen LogP contribution in [0.15, 0.2) is 18.3 Å². The van der Waals surface area contributed by atoms with Crippen LogP contribution in [0.5, 0.6) is 5.75 Å². The van der Waals surface area contributed by atoms with Gasteiger partial charge in [0.25, 0.3) is 0 Å². The standard InChI is InChI=1S/C8H10F3N2O/c1-2-14-6-3-4-13(12)7(5-6)8(9,10)11/h3-5H,2,12H2,1H3/q+1. The minimum absolute atomic E-state index is 0.154. The van der Waals surface area contributed by atoms with Crippen molar-refractivity contribution in [1.29, 1.82) is 0 Å². The molecule has 0 saturated heterocycles. The number of nitrogens with two attached hydrogens (primary N) is 1. The SMILES string of the molecule is CCOc1cc[n+](N)c(C(F)(F)F)c1. The topological polar surface area (TPSA) is 39.1 Å². The summed E-state index contributed by atoms with van der Waals surface area (Å²) in [6.45, 7) is 2.00. The van der Waals surface area contributed by atoms with Crippen molar-refractivity contribution in [2.45, 2.75) is 13.1 Å². The molecule has 0 bridgehead atoms. The van der Waals surface area contributed by atoms with Gasteiger partial charge in [0.1, 0.15) is 5.75 Å². The fourth-order valence-corrected chi connectivity index (χ4v) is 0.976. The summed E-state index contributed by atoms with van der Waals surface area (Å²) in [5.41, 5.74) is -0.941. The van der Waals surface area contributed by atoms with E-state index in [4.69, 9.17) is 10.6 Å². The van der Waals surface area contributed by atoms with Gasteiger partial charge in [-0.15, -0.1) is 0 Å². The predicted octanol–water partition coefficient (Wildman–Crippen LogP) is 1.11. The van der Waals surface area contributed by atoms with E-state index in [1.165, 1.54) is 6.07 Å². The Labute approximate surface area is 78.9 Å². The van der Waals surface area contributed by atoms with Crippen LogP contribution in [0, 0.1) is 0 Å². The van der Waals surface area contributed by atoms with E-state index >= 15 is 0 Å². The zero-order valence-corrected chi connectivity index (χ0v) is 7.51. The molecule has 0 aromatic carbocycles. The first-order chi connectivity index (χ1) is 6.45. The molecule has 1 aromatic heterocycles. The van der Waals surface area contributed by atoms with Gasteiger partial charge in [-0.3, -0.25) is 0 Å². The number of aromatic nitrogens is 1. The molecule has 0 aliphatic carbocycles. The van der Waals surface area contributed by atoms with E-state index in [1.54, 1.807) is 6.92 Å². The molecule has 0 saturated carbocycles. The molecule has 0 amide bonds. The maximum atomic E-state index is 12.3. The van der Waals surface area contributed by atoms with E-state index in [-0.39, 0.29) is 5.75 Å². The second kappa shape index (κ2) is 3.73. The van der Waals surface area contributed by atoms with Crippen LogP contribution < -0.4 is 15.3 Å². The van der Waals surface area contributed by atoms with Gasteiger partial charge in [0.05, 0.1) is 12.7 Å². The van der Waals surface area contributed by atoms with Crippen molar-refractivity contribution >= 4 is 0 Å². The highest BCUT2D eigenvalue weighted by Gasteiger charge is 2.41. The number of nitrogens with zero attached hydrogens (tertiary/aromatic N) is 1. The molecule has 14 heavy (non-hydrogen) atoms. The Morgan fingerprint density at radius 2 is 2.14 bits per heavy atom. The monoisotopic (exact) mass is 207 g/mol. The number of halogens is 3. The van der Waals surface area contributed by atoms with Crippen LogP contribution in [0.2, 0.25) is 0 Å². The molecule has 0 fully saturated rings. The lowest BCUT2D eigenvalue weighted by Gasteiger charge is -2.05. The molecule has 2 N–H and O–H groups in total. The number of hydrogen-bond donors (Lipinski definition) is 1. The van der Waals surface area contributed by atoms with Gasteiger partial charge in [0, 0.05) is 6.07 Å². The first kappa shape index (κ1) is 10.6. The fourth-order valence-electron chi connectivity index (χ4n) is 0.976. The molecular formula is C8H10F3N2O+. The summed E-state index contributed by atoms with van der Waals surface area (Å²) in [4.78, 5) is 0. The van der Waals surface area contributed by atoms with Gasteiger partial charge in [-0.05, 0) is 6.92 Å². The summed E-state index contributed by atoms with van der Waals surface area (Å²) >= 11 is 0. The number of hydrogen-bond acceptors (Lipinski definition) is 2. The van der Waals surface area contributed by atoms with Crippen molar-refractivity contribution in [3.05, 3.63) is 24.0 Å². The molecule has 1 aromatic rings. The third-order valence-electron chi connectivity index (χ3n) is 1.56. The van der Waals surface area contributed by atoms with E-state index in [1.807, 2.05) is 0 Å². The number of alkyl halides is 3. The van der Waals surface area contributed by atoms with Crippen molar-refractivity contribution in [2.24, 2.45) is 0 Å². The summed E-state index contributed by atoms with van der Waals surface area (Å²) in [6.07, 6.45) is -3.37. The fraction of sp³-hybridized carbons (Fsp3) is 0.375. The number of ether oxygens (including phenoxy) is 1. The van der Waals surface area contributed by atoms with Gasteiger partial charge in [-0.25, -0.2) is 5.84 Å². The van der Waals surface area contributed by atoms with E-state index in [0.29, 0.717) is 11.3 Å². The molecule has 0 aliphatic rings. The first-order valence-corrected chi connectivity index (χ1v) is 3.96. The highest BCUT2D eigenvalue weighted by atomic mass is 19.4. The minimum Gasteiger partial charge on any atom is -0.493 e. The Balaban J connectivity index is 3.09. The molecule has 0 atom stereocenters. The Bertz CT molecular complexity index is 325. The maximum Gasteiger partial charge on any atom is 0.480 e. The zero-order chi connectivity index (χ0) is 10.8. The molecule has 1 heterocycles. The summed E-state index contributed by atoms with van der Waals surface area (Å²) in [7, 11) is 0. The molecule has 3 nitrogen and oxygen atoms in total. The smallest absolute Gasteiger partial charge is 0.480 e. The molecular weight excluding hydrogens is 197 g/mol. The van der Waals surface area contributed by atoms with Crippen LogP contribution in [0.1, 0.15) is 12.6 Å². The Morgan fingerprint density at radius 3 is 2.64 bits per heavy atom. The first-order valence-electron chi connectivity index (χ1n) is 3.96. The maximum absolute atomic E-state index is 12.3. The molecule has 78 valence electrons. The molecule has 0 aliphatic heterocycles. The van der Waals surface area contributed by atoms with Gasteiger partial charge < -0.3 is 4.74 Å². The lowest BCUT2D eigenvalue weighted by Crippen LogP contribution is -2.50. The Hall–Kier alpha value is -1.46. The lowest BCUT2D eigenvalue weighted by molar-refractivity contribution is -0.660. The van der Waals surface area contributed by atoms with E-state index in [2.05, 4.69) is 0 Å². The highest BCUT2D eigenvalue weighted by Crippen LogP contribution is 2.28. The number of nitrogen functional groups attached to an aromatic ring is 1. The summed E-state index contributed by atoms with van der Waals surface area (Å²) in [5, 5.41) is 0. The van der Waals surface area contributed by atoms with Gasteiger partial charge in [0.2, 0.25) is 6.20 Å². The van der Waals surface area contributed by atoms with E-state index in [0.717, 1.165) is 12.3 Å². The second-order valence-electron chi connectivity index (χ2n) is 2.59. The van der Waals surface area contributed by atoms with Crippen LogP contribution in [0.25, 0.3) is 0 Å². The molecule has 0 radical (unpaired) electrons. The van der Waals surface area contributed by atoms with Gasteiger partial charge in [-0.2, -0.15) is 13.2 Å². The molecule has 0 spiro atoms. The average Bonchev–Trinajstić information content (AvgIpc) is 2.07. The van der Waals surface area contributed by atoms with Crippen LogP contribution in [0.3, 0.4) is 0 Å². The van der Waals surface area contributed by atoms with Crippen molar-refractivity contribution in [3.63, 3.8) is 0 Å². The molecule has 1 rings (SSSR count). The van der Waals surface area contributed by atoms with Crippen molar-refractivity contribution in [2.75, 3.05) is 12.4 Å². The Kier molecular flexibility index (Phi) is 2.83. The van der Waals surface area contributed by atoms with E-state index < -0.39 is 11.9 Å².